The molecule has 1 atom stereocenters. The molecule has 0 saturated heterocycles. The summed E-state index contributed by atoms with van der Waals surface area (Å²) in [5.41, 5.74) is 0.685. The molecule has 0 bridgehead atoms. The van der Waals surface area contributed by atoms with Gasteiger partial charge in [0.15, 0.2) is 11.6 Å². The summed E-state index contributed by atoms with van der Waals surface area (Å²) in [5.74, 6) is -0.421. The summed E-state index contributed by atoms with van der Waals surface area (Å²) in [5, 5.41) is 20.4. The first-order chi connectivity index (χ1) is 9.90. The summed E-state index contributed by atoms with van der Waals surface area (Å²) in [6.45, 7) is 3.07. The highest BCUT2D eigenvalue weighted by Crippen LogP contribution is 2.33. The molecule has 6 heteroatoms. The molecule has 0 aliphatic heterocycles. The number of nitro groups is 1. The SMILES string of the molecule is Cc1cc(Oc2c(F)cccc2[C@H](C)O)ccc1[N+](=O)[O-]. The smallest absolute Gasteiger partial charge is 0.272 e. The maximum Gasteiger partial charge on any atom is 0.272 e. The van der Waals surface area contributed by atoms with Crippen molar-refractivity contribution in [1.29, 1.82) is 0 Å². The average molecular weight is 291 g/mol. The number of aliphatic hydroxyl groups is 1. The van der Waals surface area contributed by atoms with Crippen LogP contribution in [0.5, 0.6) is 11.5 Å². The highest BCUT2D eigenvalue weighted by atomic mass is 19.1. The zero-order valence-electron chi connectivity index (χ0n) is 11.5. The van der Waals surface area contributed by atoms with Gasteiger partial charge >= 0.3 is 0 Å². The van der Waals surface area contributed by atoms with Gasteiger partial charge in [-0.3, -0.25) is 10.1 Å². The normalized spacial score (nSPS) is 12.0. The number of ether oxygens (including phenoxy) is 1. The Morgan fingerprint density at radius 1 is 1.33 bits per heavy atom. The molecule has 0 amide bonds. The summed E-state index contributed by atoms with van der Waals surface area (Å²) in [6.07, 6.45) is -0.894. The van der Waals surface area contributed by atoms with Crippen LogP contribution in [0.3, 0.4) is 0 Å². The second-order valence-corrected chi connectivity index (χ2v) is 4.64. The highest BCUT2D eigenvalue weighted by Gasteiger charge is 2.16. The number of halogens is 1. The quantitative estimate of drug-likeness (QED) is 0.685. The molecule has 0 radical (unpaired) electrons. The number of aryl methyl sites for hydroxylation is 1. The number of rotatable bonds is 4. The lowest BCUT2D eigenvalue weighted by Gasteiger charge is -2.14. The van der Waals surface area contributed by atoms with Gasteiger partial charge in [-0.1, -0.05) is 12.1 Å². The first kappa shape index (κ1) is 14.9. The Morgan fingerprint density at radius 2 is 2.05 bits per heavy atom. The van der Waals surface area contributed by atoms with E-state index in [1.165, 1.54) is 37.3 Å². The topological polar surface area (TPSA) is 72.6 Å². The molecule has 21 heavy (non-hydrogen) atoms. The van der Waals surface area contributed by atoms with E-state index in [9.17, 15) is 19.6 Å². The molecule has 2 rings (SSSR count). The van der Waals surface area contributed by atoms with Crippen molar-refractivity contribution in [3.05, 3.63) is 63.5 Å². The molecule has 0 fully saturated rings. The van der Waals surface area contributed by atoms with Gasteiger partial charge in [0.1, 0.15) is 5.75 Å². The predicted molar refractivity (Wildman–Crippen MR) is 74.9 cm³/mol. The van der Waals surface area contributed by atoms with Gasteiger partial charge < -0.3 is 9.84 Å². The molecule has 1 N–H and O–H groups in total. The van der Waals surface area contributed by atoms with Gasteiger partial charge in [0, 0.05) is 17.2 Å². The molecule has 5 nitrogen and oxygen atoms in total. The molecule has 0 aliphatic rings. The van der Waals surface area contributed by atoms with Crippen molar-refractivity contribution in [2.24, 2.45) is 0 Å². The first-order valence-electron chi connectivity index (χ1n) is 6.29. The summed E-state index contributed by atoms with van der Waals surface area (Å²) in [4.78, 5) is 10.3. The number of benzene rings is 2. The zero-order chi connectivity index (χ0) is 15.6. The van der Waals surface area contributed by atoms with E-state index in [2.05, 4.69) is 0 Å². The van der Waals surface area contributed by atoms with Crippen LogP contribution in [0.25, 0.3) is 0 Å². The second-order valence-electron chi connectivity index (χ2n) is 4.64. The minimum atomic E-state index is -0.894. The molecule has 0 spiro atoms. The minimum absolute atomic E-state index is 0.0355. The van der Waals surface area contributed by atoms with Crippen LogP contribution in [-0.4, -0.2) is 10.0 Å². The van der Waals surface area contributed by atoms with Crippen molar-refractivity contribution in [1.82, 2.24) is 0 Å². The van der Waals surface area contributed by atoms with Gasteiger partial charge in [0.25, 0.3) is 5.69 Å². The summed E-state index contributed by atoms with van der Waals surface area (Å²) < 4.78 is 19.3. The Morgan fingerprint density at radius 3 is 2.62 bits per heavy atom. The summed E-state index contributed by atoms with van der Waals surface area (Å²) >= 11 is 0. The molecule has 0 unspecified atom stereocenters. The van der Waals surface area contributed by atoms with Crippen LogP contribution in [0.2, 0.25) is 0 Å². The lowest BCUT2D eigenvalue weighted by molar-refractivity contribution is -0.385. The Kier molecular flexibility index (Phi) is 4.18. The van der Waals surface area contributed by atoms with E-state index < -0.39 is 16.8 Å². The fourth-order valence-electron chi connectivity index (χ4n) is 1.98. The summed E-state index contributed by atoms with van der Waals surface area (Å²) in [6, 6.07) is 8.40. The summed E-state index contributed by atoms with van der Waals surface area (Å²) in [7, 11) is 0. The molecule has 0 saturated carbocycles. The second kappa shape index (κ2) is 5.88. The largest absolute Gasteiger partial charge is 0.454 e. The Labute approximate surface area is 120 Å². The standard InChI is InChI=1S/C15H14FNO4/c1-9-8-11(6-7-14(9)17(19)20)21-15-12(10(2)18)4-3-5-13(15)16/h3-8,10,18H,1-2H3/t10-/m0/s1. The van der Waals surface area contributed by atoms with Crippen LogP contribution in [-0.2, 0) is 0 Å². The Balaban J connectivity index is 2.39. The highest BCUT2D eigenvalue weighted by molar-refractivity contribution is 5.47. The van der Waals surface area contributed by atoms with E-state index in [4.69, 9.17) is 4.74 Å². The molecule has 110 valence electrons. The van der Waals surface area contributed by atoms with Crippen molar-refractivity contribution >= 4 is 5.69 Å². The van der Waals surface area contributed by atoms with E-state index in [0.717, 1.165) is 0 Å². The van der Waals surface area contributed by atoms with Crippen molar-refractivity contribution in [3.63, 3.8) is 0 Å². The molecule has 2 aromatic carbocycles. The van der Waals surface area contributed by atoms with Crippen molar-refractivity contribution < 1.29 is 19.2 Å². The van der Waals surface area contributed by atoms with Crippen LogP contribution in [0.1, 0.15) is 24.2 Å². The monoisotopic (exact) mass is 291 g/mol. The van der Waals surface area contributed by atoms with Crippen LogP contribution in [0.15, 0.2) is 36.4 Å². The van der Waals surface area contributed by atoms with Crippen LogP contribution in [0.4, 0.5) is 10.1 Å². The fourth-order valence-corrected chi connectivity index (χ4v) is 1.98. The first-order valence-corrected chi connectivity index (χ1v) is 6.29. The molecule has 0 aliphatic carbocycles. The number of hydrogen-bond acceptors (Lipinski definition) is 4. The van der Waals surface area contributed by atoms with Crippen LogP contribution >= 0.6 is 0 Å². The van der Waals surface area contributed by atoms with Gasteiger partial charge in [-0.25, -0.2) is 4.39 Å². The number of aliphatic hydroxyl groups excluding tert-OH is 1. The van der Waals surface area contributed by atoms with Gasteiger partial charge in [0.05, 0.1) is 11.0 Å². The average Bonchev–Trinajstić information content (AvgIpc) is 2.40. The third-order valence-corrected chi connectivity index (χ3v) is 3.03. The minimum Gasteiger partial charge on any atom is -0.454 e. The molecule has 2 aromatic rings. The molecular formula is C15H14FNO4. The number of para-hydroxylation sites is 1. The predicted octanol–water partition coefficient (Wildman–Crippen LogP) is 3.89. The van der Waals surface area contributed by atoms with Gasteiger partial charge in [-0.2, -0.15) is 0 Å². The number of hydrogen-bond donors (Lipinski definition) is 1. The number of nitro benzene ring substituents is 1. The van der Waals surface area contributed by atoms with E-state index >= 15 is 0 Å². The van der Waals surface area contributed by atoms with Crippen molar-refractivity contribution in [2.45, 2.75) is 20.0 Å². The molecule has 0 heterocycles. The molecule has 0 aromatic heterocycles. The van der Waals surface area contributed by atoms with Gasteiger partial charge in [-0.05, 0) is 32.0 Å². The number of nitrogens with zero attached hydrogens (tertiary/aromatic N) is 1. The zero-order valence-corrected chi connectivity index (χ0v) is 11.5. The fraction of sp³-hybridized carbons (Fsp3) is 0.200. The lowest BCUT2D eigenvalue weighted by atomic mass is 10.1. The maximum absolute atomic E-state index is 13.9. The van der Waals surface area contributed by atoms with Gasteiger partial charge in [-0.15, -0.1) is 0 Å². The van der Waals surface area contributed by atoms with Crippen molar-refractivity contribution in [2.75, 3.05) is 0 Å². The van der Waals surface area contributed by atoms with E-state index in [1.807, 2.05) is 0 Å². The van der Waals surface area contributed by atoms with Crippen LogP contribution in [0, 0.1) is 22.9 Å². The van der Waals surface area contributed by atoms with Crippen LogP contribution < -0.4 is 4.74 Å². The third-order valence-electron chi connectivity index (χ3n) is 3.03. The Hall–Kier alpha value is -2.47. The van der Waals surface area contributed by atoms with Crippen molar-refractivity contribution in [3.8, 4) is 11.5 Å². The maximum atomic E-state index is 13.9. The van der Waals surface area contributed by atoms with E-state index in [1.54, 1.807) is 13.0 Å². The van der Waals surface area contributed by atoms with E-state index in [0.29, 0.717) is 11.1 Å². The lowest BCUT2D eigenvalue weighted by Crippen LogP contribution is -1.99. The van der Waals surface area contributed by atoms with E-state index in [-0.39, 0.29) is 17.2 Å². The molecular weight excluding hydrogens is 277 g/mol. The Bertz CT molecular complexity index is 685. The van der Waals surface area contributed by atoms with Gasteiger partial charge in [0.2, 0.25) is 0 Å². The third kappa shape index (κ3) is 3.17.